The molecule has 5 heteroatoms. The summed E-state index contributed by atoms with van der Waals surface area (Å²) in [7, 11) is 0. The number of aromatic nitrogens is 3. The Morgan fingerprint density at radius 3 is 3.06 bits per heavy atom. The van der Waals surface area contributed by atoms with Crippen LogP contribution in [0.5, 0.6) is 0 Å². The van der Waals surface area contributed by atoms with E-state index in [2.05, 4.69) is 15.1 Å². The summed E-state index contributed by atoms with van der Waals surface area (Å²) in [5, 5.41) is 13.7. The number of aryl methyl sites for hydroxylation is 1. The van der Waals surface area contributed by atoms with E-state index in [0.29, 0.717) is 29.7 Å². The van der Waals surface area contributed by atoms with Gasteiger partial charge in [0.05, 0.1) is 12.5 Å². The van der Waals surface area contributed by atoms with Crippen molar-refractivity contribution in [2.24, 2.45) is 5.92 Å². The highest BCUT2D eigenvalue weighted by Gasteiger charge is 2.31. The van der Waals surface area contributed by atoms with E-state index in [1.165, 1.54) is 0 Å². The largest absolute Gasteiger partial charge is 0.392 e. The van der Waals surface area contributed by atoms with Gasteiger partial charge in [-0.3, -0.25) is 4.98 Å². The third-order valence-corrected chi connectivity index (χ3v) is 3.16. The molecule has 0 bridgehead atoms. The smallest absolute Gasteiger partial charge is 0.229 e. The van der Waals surface area contributed by atoms with E-state index in [-0.39, 0.29) is 6.10 Å². The van der Waals surface area contributed by atoms with Crippen LogP contribution in [0.4, 0.5) is 0 Å². The number of rotatable bonds is 4. The molecule has 1 fully saturated rings. The van der Waals surface area contributed by atoms with E-state index in [4.69, 9.17) is 4.52 Å². The van der Waals surface area contributed by atoms with Crippen LogP contribution >= 0.6 is 0 Å². The van der Waals surface area contributed by atoms with E-state index in [1.54, 1.807) is 6.20 Å². The van der Waals surface area contributed by atoms with E-state index in [1.807, 2.05) is 19.1 Å². The highest BCUT2D eigenvalue weighted by molar-refractivity contribution is 5.48. The quantitative estimate of drug-likeness (QED) is 0.888. The lowest BCUT2D eigenvalue weighted by molar-refractivity contribution is 0.140. The molecule has 1 aliphatic carbocycles. The molecule has 1 saturated carbocycles. The van der Waals surface area contributed by atoms with Gasteiger partial charge >= 0.3 is 0 Å². The SMILES string of the molecule is Cc1ccnc(-c2noc(CC(O)C3CC3)n2)c1. The second kappa shape index (κ2) is 4.49. The van der Waals surface area contributed by atoms with E-state index >= 15 is 0 Å². The van der Waals surface area contributed by atoms with Crippen molar-refractivity contribution in [3.05, 3.63) is 29.8 Å². The maximum atomic E-state index is 9.82. The lowest BCUT2D eigenvalue weighted by Crippen LogP contribution is -2.12. The molecule has 1 aliphatic rings. The summed E-state index contributed by atoms with van der Waals surface area (Å²) in [6, 6.07) is 3.83. The molecule has 2 aromatic rings. The number of pyridine rings is 1. The van der Waals surface area contributed by atoms with Gasteiger partial charge in [0.2, 0.25) is 11.7 Å². The highest BCUT2D eigenvalue weighted by atomic mass is 16.5. The second-order valence-corrected chi connectivity index (χ2v) is 4.84. The van der Waals surface area contributed by atoms with Gasteiger partial charge in [-0.05, 0) is 43.4 Å². The Hall–Kier alpha value is -1.75. The first kappa shape index (κ1) is 11.3. The Bertz CT molecular complexity index is 549. The normalized spacial score (nSPS) is 16.8. The van der Waals surface area contributed by atoms with E-state index in [9.17, 15) is 5.11 Å². The topological polar surface area (TPSA) is 72.0 Å². The molecule has 94 valence electrons. The van der Waals surface area contributed by atoms with Crippen molar-refractivity contribution in [1.82, 2.24) is 15.1 Å². The van der Waals surface area contributed by atoms with Gasteiger partial charge in [-0.25, -0.2) is 0 Å². The van der Waals surface area contributed by atoms with Gasteiger partial charge < -0.3 is 9.63 Å². The summed E-state index contributed by atoms with van der Waals surface area (Å²) in [4.78, 5) is 8.47. The van der Waals surface area contributed by atoms with E-state index < -0.39 is 0 Å². The monoisotopic (exact) mass is 245 g/mol. The molecule has 1 unspecified atom stereocenters. The summed E-state index contributed by atoms with van der Waals surface area (Å²) in [6.07, 6.45) is 4.00. The molecule has 0 saturated heterocycles. The third-order valence-electron chi connectivity index (χ3n) is 3.16. The zero-order valence-corrected chi connectivity index (χ0v) is 10.2. The number of aliphatic hydroxyl groups is 1. The molecule has 2 heterocycles. The van der Waals surface area contributed by atoms with Crippen LogP contribution in [0.1, 0.15) is 24.3 Å². The fourth-order valence-corrected chi connectivity index (χ4v) is 1.93. The second-order valence-electron chi connectivity index (χ2n) is 4.84. The highest BCUT2D eigenvalue weighted by Crippen LogP contribution is 2.33. The van der Waals surface area contributed by atoms with Crippen LogP contribution in [-0.4, -0.2) is 26.3 Å². The van der Waals surface area contributed by atoms with Crippen molar-refractivity contribution >= 4 is 0 Å². The molecule has 0 aromatic carbocycles. The van der Waals surface area contributed by atoms with Crippen molar-refractivity contribution in [2.45, 2.75) is 32.3 Å². The average molecular weight is 245 g/mol. The Labute approximate surface area is 105 Å². The Morgan fingerprint density at radius 2 is 2.33 bits per heavy atom. The minimum absolute atomic E-state index is 0.358. The summed E-state index contributed by atoms with van der Waals surface area (Å²) in [5.74, 6) is 1.38. The maximum absolute atomic E-state index is 9.82. The van der Waals surface area contributed by atoms with E-state index in [0.717, 1.165) is 18.4 Å². The van der Waals surface area contributed by atoms with Crippen LogP contribution in [-0.2, 0) is 6.42 Å². The Balaban J connectivity index is 1.76. The van der Waals surface area contributed by atoms with Crippen molar-refractivity contribution in [1.29, 1.82) is 0 Å². The lowest BCUT2D eigenvalue weighted by Gasteiger charge is -2.03. The number of hydrogen-bond donors (Lipinski definition) is 1. The predicted molar refractivity (Wildman–Crippen MR) is 64.7 cm³/mol. The molecule has 0 amide bonds. The molecule has 18 heavy (non-hydrogen) atoms. The van der Waals surface area contributed by atoms with Gasteiger partial charge in [0.1, 0.15) is 5.69 Å². The summed E-state index contributed by atoms with van der Waals surface area (Å²) in [6.45, 7) is 1.99. The number of nitrogens with zero attached hydrogens (tertiary/aromatic N) is 3. The van der Waals surface area contributed by atoms with Gasteiger partial charge in [0.25, 0.3) is 0 Å². The van der Waals surface area contributed by atoms with Crippen LogP contribution in [0.25, 0.3) is 11.5 Å². The lowest BCUT2D eigenvalue weighted by atomic mass is 10.2. The van der Waals surface area contributed by atoms with Crippen LogP contribution in [0, 0.1) is 12.8 Å². The molecular weight excluding hydrogens is 230 g/mol. The molecule has 1 atom stereocenters. The minimum Gasteiger partial charge on any atom is -0.392 e. The standard InChI is InChI=1S/C13H15N3O2/c1-8-4-5-14-10(6-8)13-15-12(18-16-13)7-11(17)9-2-3-9/h4-6,9,11,17H,2-3,7H2,1H3. The van der Waals surface area contributed by atoms with Gasteiger partial charge in [-0.15, -0.1) is 0 Å². The molecule has 1 N–H and O–H groups in total. The minimum atomic E-state index is -0.358. The van der Waals surface area contributed by atoms with Gasteiger partial charge in [0, 0.05) is 6.20 Å². The van der Waals surface area contributed by atoms with Crippen LogP contribution < -0.4 is 0 Å². The molecule has 0 aliphatic heterocycles. The first-order chi connectivity index (χ1) is 8.72. The molecule has 0 radical (unpaired) electrons. The Morgan fingerprint density at radius 1 is 1.50 bits per heavy atom. The fraction of sp³-hybridized carbons (Fsp3) is 0.462. The van der Waals surface area contributed by atoms with Crippen LogP contribution in [0.3, 0.4) is 0 Å². The van der Waals surface area contributed by atoms with Gasteiger partial charge in [-0.2, -0.15) is 4.98 Å². The van der Waals surface area contributed by atoms with Crippen molar-refractivity contribution in [2.75, 3.05) is 0 Å². The first-order valence-electron chi connectivity index (χ1n) is 6.16. The van der Waals surface area contributed by atoms with Crippen LogP contribution in [0.2, 0.25) is 0 Å². The Kier molecular flexibility index (Phi) is 2.83. The first-order valence-corrected chi connectivity index (χ1v) is 6.16. The van der Waals surface area contributed by atoms with Crippen molar-refractivity contribution in [3.63, 3.8) is 0 Å². The molecule has 0 spiro atoms. The zero-order chi connectivity index (χ0) is 12.5. The van der Waals surface area contributed by atoms with Gasteiger partial charge in [0.15, 0.2) is 0 Å². The molecular formula is C13H15N3O2. The predicted octanol–water partition coefficient (Wildman–Crippen LogP) is 1.75. The molecule has 5 nitrogen and oxygen atoms in total. The fourth-order valence-electron chi connectivity index (χ4n) is 1.93. The average Bonchev–Trinajstić information content (AvgIpc) is 3.10. The van der Waals surface area contributed by atoms with Crippen molar-refractivity contribution in [3.8, 4) is 11.5 Å². The third kappa shape index (κ3) is 2.41. The van der Waals surface area contributed by atoms with Crippen molar-refractivity contribution < 1.29 is 9.63 Å². The summed E-state index contributed by atoms with van der Waals surface area (Å²) < 4.78 is 5.15. The van der Waals surface area contributed by atoms with Gasteiger partial charge in [-0.1, -0.05) is 5.16 Å². The number of hydrogen-bond acceptors (Lipinski definition) is 5. The van der Waals surface area contributed by atoms with Crippen LogP contribution in [0.15, 0.2) is 22.9 Å². The molecule has 3 rings (SSSR count). The number of aliphatic hydroxyl groups excluding tert-OH is 1. The summed E-state index contributed by atoms with van der Waals surface area (Å²) in [5.41, 5.74) is 1.80. The summed E-state index contributed by atoms with van der Waals surface area (Å²) >= 11 is 0. The zero-order valence-electron chi connectivity index (χ0n) is 10.2. The molecule has 2 aromatic heterocycles. The maximum Gasteiger partial charge on any atom is 0.229 e.